The molecule has 2 nitrogen and oxygen atoms in total. The molecule has 4 saturated carbocycles. The van der Waals surface area contributed by atoms with Crippen LogP contribution in [0.15, 0.2) is 0 Å². The molecule has 18 heavy (non-hydrogen) atoms. The van der Waals surface area contributed by atoms with Crippen LogP contribution in [-0.2, 0) is 4.79 Å². The van der Waals surface area contributed by atoms with Gasteiger partial charge in [0.15, 0.2) is 0 Å². The number of nitrogens with one attached hydrogen (secondary N) is 1. The van der Waals surface area contributed by atoms with E-state index < -0.39 is 0 Å². The molecule has 4 rings (SSSR count). The lowest BCUT2D eigenvalue weighted by molar-refractivity contribution is -0.122. The van der Waals surface area contributed by atoms with Gasteiger partial charge in [0.25, 0.3) is 0 Å². The Bertz CT molecular complexity index is 306. The van der Waals surface area contributed by atoms with Crippen molar-refractivity contribution in [2.24, 2.45) is 23.2 Å². The number of hydrogen-bond acceptors (Lipinski definition) is 1. The van der Waals surface area contributed by atoms with Gasteiger partial charge in [0.1, 0.15) is 0 Å². The molecule has 1 unspecified atom stereocenters. The second kappa shape index (κ2) is 4.81. The third kappa shape index (κ3) is 2.35. The lowest BCUT2D eigenvalue weighted by atomic mass is 9.49. The van der Waals surface area contributed by atoms with E-state index >= 15 is 0 Å². The molecule has 3 heteroatoms. The van der Waals surface area contributed by atoms with Gasteiger partial charge in [-0.3, -0.25) is 4.79 Å². The average Bonchev–Trinajstić information content (AvgIpc) is 2.33. The number of hydrogen-bond donors (Lipinski definition) is 1. The summed E-state index contributed by atoms with van der Waals surface area (Å²) in [5, 5.41) is 3.20. The highest BCUT2D eigenvalue weighted by molar-refractivity contribution is 9.10. The van der Waals surface area contributed by atoms with Crippen molar-refractivity contribution in [3.8, 4) is 0 Å². The van der Waals surface area contributed by atoms with Gasteiger partial charge in [-0.25, -0.2) is 0 Å². The highest BCUT2D eigenvalue weighted by Gasteiger charge is 2.50. The minimum Gasteiger partial charge on any atom is -0.355 e. The van der Waals surface area contributed by atoms with Crippen LogP contribution in [0.3, 0.4) is 0 Å². The van der Waals surface area contributed by atoms with Gasteiger partial charge in [0.2, 0.25) is 5.91 Å². The standard InChI is InChI=1S/C15H24BrNO/c1-2-13(16)14(18)17-9-15-6-10-3-11(7-15)5-12(4-10)8-15/h10-13H,2-9H2,1H3,(H,17,18). The zero-order valence-electron chi connectivity index (χ0n) is 11.3. The van der Waals surface area contributed by atoms with Crippen molar-refractivity contribution in [2.75, 3.05) is 6.54 Å². The van der Waals surface area contributed by atoms with Crippen molar-refractivity contribution in [3.05, 3.63) is 0 Å². The van der Waals surface area contributed by atoms with E-state index in [0.717, 1.165) is 30.7 Å². The van der Waals surface area contributed by atoms with Crippen molar-refractivity contribution >= 4 is 21.8 Å². The van der Waals surface area contributed by atoms with E-state index in [1.54, 1.807) is 0 Å². The fourth-order valence-corrected chi connectivity index (χ4v) is 5.24. The summed E-state index contributed by atoms with van der Waals surface area (Å²) in [5.74, 6) is 3.10. The van der Waals surface area contributed by atoms with Crippen molar-refractivity contribution in [1.29, 1.82) is 0 Å². The molecule has 0 saturated heterocycles. The van der Waals surface area contributed by atoms with E-state index in [1.807, 2.05) is 6.92 Å². The lowest BCUT2D eigenvalue weighted by Gasteiger charge is -2.57. The predicted octanol–water partition coefficient (Wildman–Crippen LogP) is 3.49. The molecule has 4 fully saturated rings. The van der Waals surface area contributed by atoms with Gasteiger partial charge >= 0.3 is 0 Å². The van der Waals surface area contributed by atoms with Crippen molar-refractivity contribution in [1.82, 2.24) is 5.32 Å². The summed E-state index contributed by atoms with van der Waals surface area (Å²) in [4.78, 5) is 11.9. The Morgan fingerprint density at radius 1 is 1.22 bits per heavy atom. The van der Waals surface area contributed by atoms with Crippen LogP contribution < -0.4 is 5.32 Å². The largest absolute Gasteiger partial charge is 0.355 e. The summed E-state index contributed by atoms with van der Waals surface area (Å²) in [6, 6.07) is 0. The van der Waals surface area contributed by atoms with E-state index in [1.165, 1.54) is 38.5 Å². The predicted molar refractivity (Wildman–Crippen MR) is 76.6 cm³/mol. The number of amides is 1. The molecule has 102 valence electrons. The molecule has 0 aromatic carbocycles. The third-order valence-electron chi connectivity index (χ3n) is 5.45. The fourth-order valence-electron chi connectivity index (χ4n) is 5.08. The highest BCUT2D eigenvalue weighted by Crippen LogP contribution is 2.59. The summed E-state index contributed by atoms with van der Waals surface area (Å²) >= 11 is 3.44. The number of carbonyl (C=O) groups is 1. The quantitative estimate of drug-likeness (QED) is 0.791. The van der Waals surface area contributed by atoms with Crippen LogP contribution in [0.1, 0.15) is 51.9 Å². The summed E-state index contributed by atoms with van der Waals surface area (Å²) < 4.78 is 0. The Morgan fingerprint density at radius 3 is 2.17 bits per heavy atom. The summed E-state index contributed by atoms with van der Waals surface area (Å²) in [6.07, 6.45) is 9.41. The monoisotopic (exact) mass is 313 g/mol. The topological polar surface area (TPSA) is 29.1 Å². The van der Waals surface area contributed by atoms with E-state index in [-0.39, 0.29) is 10.7 Å². The van der Waals surface area contributed by atoms with Crippen LogP contribution >= 0.6 is 15.9 Å². The Morgan fingerprint density at radius 2 is 1.72 bits per heavy atom. The van der Waals surface area contributed by atoms with Gasteiger partial charge in [0, 0.05) is 6.54 Å². The smallest absolute Gasteiger partial charge is 0.233 e. The minimum absolute atomic E-state index is 0.00795. The molecular formula is C15H24BrNO. The first-order chi connectivity index (χ1) is 8.60. The molecule has 4 bridgehead atoms. The fraction of sp³-hybridized carbons (Fsp3) is 0.933. The van der Waals surface area contributed by atoms with E-state index in [0.29, 0.717) is 5.41 Å². The van der Waals surface area contributed by atoms with E-state index in [2.05, 4.69) is 21.2 Å². The van der Waals surface area contributed by atoms with E-state index in [4.69, 9.17) is 0 Å². The van der Waals surface area contributed by atoms with Crippen LogP contribution in [0.2, 0.25) is 0 Å². The minimum atomic E-state index is -0.00795. The van der Waals surface area contributed by atoms with Crippen molar-refractivity contribution in [2.45, 2.75) is 56.7 Å². The van der Waals surface area contributed by atoms with Gasteiger partial charge in [-0.2, -0.15) is 0 Å². The maximum atomic E-state index is 11.9. The molecule has 0 spiro atoms. The number of rotatable bonds is 4. The van der Waals surface area contributed by atoms with Crippen LogP contribution in [0.4, 0.5) is 0 Å². The maximum absolute atomic E-state index is 11.9. The van der Waals surface area contributed by atoms with Gasteiger partial charge in [-0.1, -0.05) is 22.9 Å². The molecular weight excluding hydrogens is 290 g/mol. The Balaban J connectivity index is 1.61. The second-order valence-corrected chi connectivity index (χ2v) is 8.12. The molecule has 4 aliphatic carbocycles. The Hall–Kier alpha value is -0.0500. The SMILES string of the molecule is CCC(Br)C(=O)NCC12CC3CC(CC(C3)C1)C2. The zero-order valence-corrected chi connectivity index (χ0v) is 12.8. The van der Waals surface area contributed by atoms with Crippen molar-refractivity contribution < 1.29 is 4.79 Å². The molecule has 0 aliphatic heterocycles. The second-order valence-electron chi connectivity index (χ2n) is 7.01. The molecule has 0 aromatic heterocycles. The Labute approximate surface area is 118 Å². The van der Waals surface area contributed by atoms with Crippen molar-refractivity contribution in [3.63, 3.8) is 0 Å². The highest BCUT2D eigenvalue weighted by atomic mass is 79.9. The average molecular weight is 314 g/mol. The first kappa shape index (κ1) is 13.0. The molecule has 0 aromatic rings. The Kier molecular flexibility index (Phi) is 3.46. The molecule has 1 atom stereocenters. The zero-order chi connectivity index (χ0) is 12.8. The number of carbonyl (C=O) groups excluding carboxylic acids is 1. The normalized spacial score (nSPS) is 42.9. The maximum Gasteiger partial charge on any atom is 0.233 e. The van der Waals surface area contributed by atoms with Gasteiger partial charge in [0.05, 0.1) is 4.83 Å². The van der Waals surface area contributed by atoms with Crippen LogP contribution in [0.25, 0.3) is 0 Å². The first-order valence-corrected chi connectivity index (χ1v) is 8.43. The molecule has 0 radical (unpaired) electrons. The summed E-state index contributed by atoms with van der Waals surface area (Å²) in [7, 11) is 0. The van der Waals surface area contributed by atoms with Gasteiger partial charge in [-0.15, -0.1) is 0 Å². The van der Waals surface area contributed by atoms with Crippen LogP contribution in [0.5, 0.6) is 0 Å². The summed E-state index contributed by atoms with van der Waals surface area (Å²) in [5.41, 5.74) is 0.463. The number of halogens is 1. The van der Waals surface area contributed by atoms with Gasteiger partial charge < -0.3 is 5.32 Å². The molecule has 0 heterocycles. The van der Waals surface area contributed by atoms with E-state index in [9.17, 15) is 4.79 Å². The molecule has 1 N–H and O–H groups in total. The first-order valence-electron chi connectivity index (χ1n) is 7.52. The van der Waals surface area contributed by atoms with Gasteiger partial charge in [-0.05, 0) is 68.1 Å². The van der Waals surface area contributed by atoms with Crippen LogP contribution in [-0.4, -0.2) is 17.3 Å². The number of alkyl halides is 1. The lowest BCUT2D eigenvalue weighted by Crippen LogP contribution is -2.51. The molecule has 4 aliphatic rings. The van der Waals surface area contributed by atoms with Crippen LogP contribution in [0, 0.1) is 23.2 Å². The third-order valence-corrected chi connectivity index (χ3v) is 6.51. The molecule has 1 amide bonds. The summed E-state index contributed by atoms with van der Waals surface area (Å²) in [6.45, 7) is 2.97.